The second kappa shape index (κ2) is 4.63. The van der Waals surface area contributed by atoms with Gasteiger partial charge in [0.25, 0.3) is 0 Å². The Labute approximate surface area is 103 Å². The minimum Gasteiger partial charge on any atom is -0.477 e. The van der Waals surface area contributed by atoms with Gasteiger partial charge in [-0.1, -0.05) is 17.3 Å². The number of rotatable bonds is 3. The lowest BCUT2D eigenvalue weighted by atomic mass is 10.1. The number of carbonyl (C=O) groups is 1. The summed E-state index contributed by atoms with van der Waals surface area (Å²) in [6.07, 6.45) is 1.98. The molecule has 0 atom stereocenters. The normalized spacial score (nSPS) is 10.5. The number of aromatic carboxylic acids is 1. The molecule has 0 bridgehead atoms. The van der Waals surface area contributed by atoms with Gasteiger partial charge >= 0.3 is 5.97 Å². The van der Waals surface area contributed by atoms with Gasteiger partial charge in [-0.25, -0.2) is 4.79 Å². The fourth-order valence-corrected chi connectivity index (χ4v) is 1.98. The van der Waals surface area contributed by atoms with Crippen LogP contribution in [0.3, 0.4) is 0 Å². The van der Waals surface area contributed by atoms with Gasteiger partial charge in [-0.05, 0) is 25.3 Å². The van der Waals surface area contributed by atoms with Crippen molar-refractivity contribution in [2.24, 2.45) is 0 Å². The standard InChI is InChI=1S/C12H11NO3S/c1-7-10(12(14)15)11(13-16-7)8-3-5-9(17-2)6-4-8/h3-6H,1-2H3,(H,14,15). The molecule has 0 aliphatic carbocycles. The van der Waals surface area contributed by atoms with E-state index >= 15 is 0 Å². The van der Waals surface area contributed by atoms with Crippen LogP contribution in [0.1, 0.15) is 16.1 Å². The molecule has 0 saturated heterocycles. The first kappa shape index (κ1) is 11.7. The number of thioether (sulfide) groups is 1. The van der Waals surface area contributed by atoms with Gasteiger partial charge < -0.3 is 9.63 Å². The monoisotopic (exact) mass is 249 g/mol. The number of aromatic nitrogens is 1. The summed E-state index contributed by atoms with van der Waals surface area (Å²) in [5, 5.41) is 12.9. The number of nitrogens with zero attached hydrogens (tertiary/aromatic N) is 1. The van der Waals surface area contributed by atoms with Gasteiger partial charge in [0.15, 0.2) is 0 Å². The summed E-state index contributed by atoms with van der Waals surface area (Å²) in [5.74, 6) is -0.700. The predicted molar refractivity (Wildman–Crippen MR) is 65.4 cm³/mol. The van der Waals surface area contributed by atoms with Crippen LogP contribution in [0, 0.1) is 6.92 Å². The molecule has 5 heteroatoms. The zero-order valence-electron chi connectivity index (χ0n) is 9.43. The zero-order chi connectivity index (χ0) is 12.4. The van der Waals surface area contributed by atoms with E-state index in [4.69, 9.17) is 9.63 Å². The van der Waals surface area contributed by atoms with Crippen LogP contribution in [-0.4, -0.2) is 22.5 Å². The highest BCUT2D eigenvalue weighted by molar-refractivity contribution is 7.98. The topological polar surface area (TPSA) is 63.3 Å². The minimum absolute atomic E-state index is 0.127. The maximum absolute atomic E-state index is 11.1. The van der Waals surface area contributed by atoms with Gasteiger partial charge in [-0.2, -0.15) is 0 Å². The lowest BCUT2D eigenvalue weighted by Crippen LogP contribution is -1.99. The molecule has 0 unspecified atom stereocenters. The van der Waals surface area contributed by atoms with Crippen molar-refractivity contribution < 1.29 is 14.4 Å². The molecule has 2 aromatic rings. The van der Waals surface area contributed by atoms with Crippen molar-refractivity contribution in [3.05, 3.63) is 35.6 Å². The molecule has 0 amide bonds. The smallest absolute Gasteiger partial charge is 0.341 e. The Morgan fingerprint density at radius 1 is 1.35 bits per heavy atom. The van der Waals surface area contributed by atoms with Crippen LogP contribution < -0.4 is 0 Å². The molecular formula is C12H11NO3S. The van der Waals surface area contributed by atoms with Gasteiger partial charge in [0.05, 0.1) is 0 Å². The van der Waals surface area contributed by atoms with E-state index < -0.39 is 5.97 Å². The van der Waals surface area contributed by atoms with Crippen molar-refractivity contribution in [3.63, 3.8) is 0 Å². The average molecular weight is 249 g/mol. The number of aryl methyl sites for hydroxylation is 1. The third-order valence-corrected chi connectivity index (χ3v) is 3.18. The van der Waals surface area contributed by atoms with Crippen molar-refractivity contribution in [3.8, 4) is 11.3 Å². The van der Waals surface area contributed by atoms with Crippen LogP contribution in [0.25, 0.3) is 11.3 Å². The Morgan fingerprint density at radius 2 is 2.00 bits per heavy atom. The first-order chi connectivity index (χ1) is 8.13. The summed E-state index contributed by atoms with van der Waals surface area (Å²) in [7, 11) is 0. The number of carboxylic acids is 1. The molecule has 1 N–H and O–H groups in total. The van der Waals surface area contributed by atoms with Crippen LogP contribution in [0.5, 0.6) is 0 Å². The van der Waals surface area contributed by atoms with Crippen molar-refractivity contribution in [1.29, 1.82) is 0 Å². The lowest BCUT2D eigenvalue weighted by Gasteiger charge is -2.00. The van der Waals surface area contributed by atoms with E-state index in [1.54, 1.807) is 18.7 Å². The molecule has 1 aromatic heterocycles. The van der Waals surface area contributed by atoms with Crippen LogP contribution in [0.15, 0.2) is 33.7 Å². The maximum atomic E-state index is 11.1. The van der Waals surface area contributed by atoms with Crippen molar-refractivity contribution in [2.45, 2.75) is 11.8 Å². The quantitative estimate of drug-likeness (QED) is 0.847. The second-order valence-corrected chi connectivity index (χ2v) is 4.38. The molecule has 17 heavy (non-hydrogen) atoms. The van der Waals surface area contributed by atoms with E-state index in [2.05, 4.69) is 5.16 Å². The highest BCUT2D eigenvalue weighted by Gasteiger charge is 2.20. The number of hydrogen-bond acceptors (Lipinski definition) is 4. The van der Waals surface area contributed by atoms with Gasteiger partial charge in [0, 0.05) is 10.5 Å². The van der Waals surface area contributed by atoms with Crippen molar-refractivity contribution in [1.82, 2.24) is 5.16 Å². The highest BCUT2D eigenvalue weighted by Crippen LogP contribution is 2.27. The van der Waals surface area contributed by atoms with E-state index in [1.165, 1.54) is 0 Å². The fourth-order valence-electron chi connectivity index (χ4n) is 1.57. The summed E-state index contributed by atoms with van der Waals surface area (Å²) >= 11 is 1.63. The minimum atomic E-state index is -1.02. The fraction of sp³-hybridized carbons (Fsp3) is 0.167. The second-order valence-electron chi connectivity index (χ2n) is 3.50. The van der Waals surface area contributed by atoms with E-state index in [0.717, 1.165) is 10.5 Å². The molecule has 0 aliphatic heterocycles. The summed E-state index contributed by atoms with van der Waals surface area (Å²) in [6, 6.07) is 7.54. The SMILES string of the molecule is CSc1ccc(-c2noc(C)c2C(=O)O)cc1. The Balaban J connectivity index is 2.49. The van der Waals surface area contributed by atoms with Crippen molar-refractivity contribution in [2.75, 3.05) is 6.26 Å². The molecule has 2 rings (SSSR count). The number of carboxylic acid groups (broad SMARTS) is 1. The Hall–Kier alpha value is -1.75. The molecule has 1 aromatic carbocycles. The van der Waals surface area contributed by atoms with Crippen LogP contribution in [-0.2, 0) is 0 Å². The Bertz CT molecular complexity index is 545. The first-order valence-electron chi connectivity index (χ1n) is 4.97. The number of hydrogen-bond donors (Lipinski definition) is 1. The van der Waals surface area contributed by atoms with E-state index in [1.807, 2.05) is 30.5 Å². The predicted octanol–water partition coefficient (Wildman–Crippen LogP) is 3.07. The molecule has 1 heterocycles. The summed E-state index contributed by atoms with van der Waals surface area (Å²) in [6.45, 7) is 1.59. The molecule has 0 fully saturated rings. The van der Waals surface area contributed by atoms with Crippen molar-refractivity contribution >= 4 is 17.7 Å². The lowest BCUT2D eigenvalue weighted by molar-refractivity contribution is 0.0696. The van der Waals surface area contributed by atoms with Gasteiger partial charge in [-0.3, -0.25) is 0 Å². The molecule has 0 aliphatic rings. The van der Waals surface area contributed by atoms with Crippen LogP contribution in [0.2, 0.25) is 0 Å². The molecule has 0 radical (unpaired) electrons. The van der Waals surface area contributed by atoms with E-state index in [9.17, 15) is 4.79 Å². The van der Waals surface area contributed by atoms with Gasteiger partial charge in [0.2, 0.25) is 0 Å². The Morgan fingerprint density at radius 3 is 2.53 bits per heavy atom. The highest BCUT2D eigenvalue weighted by atomic mass is 32.2. The summed E-state index contributed by atoms with van der Waals surface area (Å²) in [5.41, 5.74) is 1.25. The van der Waals surface area contributed by atoms with Crippen LogP contribution in [0.4, 0.5) is 0 Å². The third-order valence-electron chi connectivity index (χ3n) is 2.44. The molecular weight excluding hydrogens is 238 g/mol. The zero-order valence-corrected chi connectivity index (χ0v) is 10.2. The average Bonchev–Trinajstić information content (AvgIpc) is 2.71. The maximum Gasteiger partial charge on any atom is 0.341 e. The molecule has 0 saturated carbocycles. The summed E-state index contributed by atoms with van der Waals surface area (Å²) in [4.78, 5) is 12.2. The van der Waals surface area contributed by atoms with E-state index in [0.29, 0.717) is 11.5 Å². The molecule has 88 valence electrons. The van der Waals surface area contributed by atoms with Gasteiger partial charge in [0.1, 0.15) is 17.0 Å². The third kappa shape index (κ3) is 2.19. The Kier molecular flexibility index (Phi) is 3.19. The largest absolute Gasteiger partial charge is 0.477 e. The van der Waals surface area contributed by atoms with Gasteiger partial charge in [-0.15, -0.1) is 11.8 Å². The molecule has 4 nitrogen and oxygen atoms in total. The van der Waals surface area contributed by atoms with Crippen LogP contribution >= 0.6 is 11.8 Å². The first-order valence-corrected chi connectivity index (χ1v) is 6.20. The number of benzene rings is 1. The van der Waals surface area contributed by atoms with E-state index in [-0.39, 0.29) is 5.56 Å². The summed E-state index contributed by atoms with van der Waals surface area (Å²) < 4.78 is 4.93. The molecule has 0 spiro atoms.